The second kappa shape index (κ2) is 7.99. The van der Waals surface area contributed by atoms with E-state index in [1.165, 1.54) is 37.3 Å². The normalized spacial score (nSPS) is 20.6. The minimum absolute atomic E-state index is 0.0687. The van der Waals surface area contributed by atoms with Gasteiger partial charge in [0.05, 0.1) is 0 Å². The van der Waals surface area contributed by atoms with E-state index < -0.39 is 35.4 Å². The number of carbonyl (C=O) groups excluding carboxylic acids is 2. The molecule has 1 saturated heterocycles. The summed E-state index contributed by atoms with van der Waals surface area (Å²) < 4.78 is 42.2. The van der Waals surface area contributed by atoms with Crippen LogP contribution in [0.25, 0.3) is 10.1 Å². The van der Waals surface area contributed by atoms with Gasteiger partial charge in [-0.1, -0.05) is 35.4 Å². The average Bonchev–Trinajstić information content (AvgIpc) is 3.27. The van der Waals surface area contributed by atoms with Crippen molar-refractivity contribution in [3.8, 4) is 5.75 Å². The van der Waals surface area contributed by atoms with Crippen LogP contribution in [-0.4, -0.2) is 29.0 Å². The summed E-state index contributed by atoms with van der Waals surface area (Å²) in [6.45, 7) is 3.04. The van der Waals surface area contributed by atoms with Crippen LogP contribution in [0, 0.1) is 0 Å². The molecule has 8 nitrogen and oxygen atoms in total. The Labute approximate surface area is 189 Å². The third-order valence-corrected chi connectivity index (χ3v) is 6.00. The van der Waals surface area contributed by atoms with Crippen molar-refractivity contribution in [2.24, 2.45) is 5.73 Å². The number of hydrogen-bond donors (Lipinski definition) is 2. The number of carbonyl (C=O) groups is 2. The number of nitrogens with zero attached hydrogens (tertiary/aromatic N) is 1. The monoisotopic (exact) mass is 481 g/mol. The van der Waals surface area contributed by atoms with Crippen LogP contribution in [0.1, 0.15) is 29.1 Å². The van der Waals surface area contributed by atoms with Crippen molar-refractivity contribution in [2.75, 3.05) is 0 Å². The predicted molar refractivity (Wildman–Crippen MR) is 111 cm³/mol. The first-order valence-corrected chi connectivity index (χ1v) is 10.4. The average molecular weight is 481 g/mol. The quantitative estimate of drug-likeness (QED) is 0.572. The van der Waals surface area contributed by atoms with E-state index in [0.717, 1.165) is 27.3 Å². The molecular formula is C21H18F3N3O5S. The Morgan fingerprint density at radius 3 is 2.39 bits per heavy atom. The standard InChI is InChI=1S/C21H18F3N3O5S/c1-19(2)27(31-17(28)16-11-12-5-3-4-6-15(12)33-16)20(18(25)29,26-32-19)13-7-9-14(10-8-13)30-21(22,23)24/h3-11,26H,1-2H3,(H2,25,29). The molecule has 0 bridgehead atoms. The first-order valence-electron chi connectivity index (χ1n) is 9.55. The van der Waals surface area contributed by atoms with Gasteiger partial charge in [0, 0.05) is 10.3 Å². The Morgan fingerprint density at radius 2 is 1.79 bits per heavy atom. The Hall–Kier alpha value is -3.19. The number of rotatable bonds is 5. The highest BCUT2D eigenvalue weighted by atomic mass is 32.1. The highest BCUT2D eigenvalue weighted by molar-refractivity contribution is 7.20. The van der Waals surface area contributed by atoms with Gasteiger partial charge in [0.25, 0.3) is 5.91 Å². The lowest BCUT2D eigenvalue weighted by atomic mass is 9.97. The number of hydroxylamine groups is 3. The minimum atomic E-state index is -4.88. The van der Waals surface area contributed by atoms with Crippen molar-refractivity contribution < 1.29 is 37.2 Å². The highest BCUT2D eigenvalue weighted by Gasteiger charge is 2.60. The number of amides is 1. The highest BCUT2D eigenvalue weighted by Crippen LogP contribution is 2.40. The zero-order valence-corrected chi connectivity index (χ0v) is 18.1. The van der Waals surface area contributed by atoms with E-state index in [0.29, 0.717) is 0 Å². The minimum Gasteiger partial charge on any atom is -0.406 e. The summed E-state index contributed by atoms with van der Waals surface area (Å²) in [7, 11) is 0. The van der Waals surface area contributed by atoms with Crippen LogP contribution >= 0.6 is 11.3 Å². The molecule has 1 aliphatic rings. The number of benzene rings is 2. The predicted octanol–water partition coefficient (Wildman–Crippen LogP) is 3.78. The number of halogens is 3. The van der Waals surface area contributed by atoms with E-state index in [2.05, 4.69) is 10.2 Å². The molecule has 3 aromatic rings. The summed E-state index contributed by atoms with van der Waals surface area (Å²) in [4.78, 5) is 37.0. The fourth-order valence-corrected chi connectivity index (χ4v) is 4.38. The van der Waals surface area contributed by atoms with E-state index in [-0.39, 0.29) is 10.4 Å². The molecule has 1 amide bonds. The van der Waals surface area contributed by atoms with Crippen LogP contribution in [0.2, 0.25) is 0 Å². The molecule has 0 saturated carbocycles. The number of primary amides is 1. The third-order valence-electron chi connectivity index (χ3n) is 4.91. The van der Waals surface area contributed by atoms with Crippen LogP contribution in [0.15, 0.2) is 54.6 Å². The zero-order chi connectivity index (χ0) is 24.0. The van der Waals surface area contributed by atoms with Gasteiger partial charge in [-0.2, -0.15) is 5.48 Å². The van der Waals surface area contributed by atoms with Crippen molar-refractivity contribution in [1.82, 2.24) is 10.5 Å². The first-order chi connectivity index (χ1) is 15.4. The maximum absolute atomic E-state index is 13.0. The third kappa shape index (κ3) is 4.25. The summed E-state index contributed by atoms with van der Waals surface area (Å²) >= 11 is 1.20. The van der Waals surface area contributed by atoms with Gasteiger partial charge in [-0.15, -0.1) is 24.5 Å². The first kappa shape index (κ1) is 23.0. The van der Waals surface area contributed by atoms with E-state index in [9.17, 15) is 22.8 Å². The van der Waals surface area contributed by atoms with Crippen LogP contribution in [0.3, 0.4) is 0 Å². The van der Waals surface area contributed by atoms with Crippen molar-refractivity contribution in [2.45, 2.75) is 31.6 Å². The molecule has 4 rings (SSSR count). The summed E-state index contributed by atoms with van der Waals surface area (Å²) in [5.74, 6) is -2.28. The van der Waals surface area contributed by atoms with Crippen molar-refractivity contribution >= 4 is 33.3 Å². The number of nitrogens with two attached hydrogens (primary N) is 1. The molecule has 174 valence electrons. The fraction of sp³-hybridized carbons (Fsp3) is 0.238. The summed E-state index contributed by atoms with van der Waals surface area (Å²) in [6.07, 6.45) is -4.88. The Kier molecular flexibility index (Phi) is 5.56. The van der Waals surface area contributed by atoms with Crippen LogP contribution in [0.4, 0.5) is 13.2 Å². The van der Waals surface area contributed by atoms with Gasteiger partial charge in [-0.25, -0.2) is 4.79 Å². The second-order valence-electron chi connectivity index (χ2n) is 7.62. The number of nitrogens with one attached hydrogen (secondary N) is 1. The Morgan fingerprint density at radius 1 is 1.12 bits per heavy atom. The number of alkyl halides is 3. The largest absolute Gasteiger partial charge is 0.573 e. The van der Waals surface area contributed by atoms with Gasteiger partial charge in [0.1, 0.15) is 10.6 Å². The molecule has 12 heteroatoms. The summed E-state index contributed by atoms with van der Waals surface area (Å²) in [5.41, 5.74) is 4.84. The lowest BCUT2D eigenvalue weighted by molar-refractivity contribution is -0.274. The Bertz CT molecular complexity index is 1180. The molecule has 2 aromatic carbocycles. The molecule has 2 heterocycles. The topological polar surface area (TPSA) is 103 Å². The van der Waals surface area contributed by atoms with Crippen molar-refractivity contribution in [3.05, 3.63) is 65.0 Å². The van der Waals surface area contributed by atoms with E-state index in [4.69, 9.17) is 15.4 Å². The maximum atomic E-state index is 13.0. The van der Waals surface area contributed by atoms with Gasteiger partial charge in [0.2, 0.25) is 5.66 Å². The number of fused-ring (bicyclic) bond motifs is 1. The molecule has 0 radical (unpaired) electrons. The molecule has 1 aromatic heterocycles. The summed E-state index contributed by atoms with van der Waals surface area (Å²) in [5, 5.41) is 1.79. The number of ether oxygens (including phenoxy) is 1. The lowest BCUT2D eigenvalue weighted by Gasteiger charge is -2.36. The molecule has 0 aliphatic carbocycles. The fourth-order valence-electron chi connectivity index (χ4n) is 3.44. The van der Waals surface area contributed by atoms with E-state index in [1.807, 2.05) is 24.3 Å². The van der Waals surface area contributed by atoms with Gasteiger partial charge >= 0.3 is 12.3 Å². The molecule has 1 fully saturated rings. The number of thiophene rings is 1. The van der Waals surface area contributed by atoms with E-state index in [1.54, 1.807) is 6.07 Å². The number of hydrogen-bond acceptors (Lipinski definition) is 8. The van der Waals surface area contributed by atoms with E-state index >= 15 is 0 Å². The van der Waals surface area contributed by atoms with Gasteiger partial charge < -0.3 is 15.3 Å². The molecule has 3 N–H and O–H groups in total. The van der Waals surface area contributed by atoms with Crippen LogP contribution < -0.4 is 16.0 Å². The molecule has 1 atom stereocenters. The second-order valence-corrected chi connectivity index (χ2v) is 8.70. The Balaban J connectivity index is 1.69. The molecule has 1 unspecified atom stereocenters. The van der Waals surface area contributed by atoms with Gasteiger partial charge in [0.15, 0.2) is 5.72 Å². The van der Waals surface area contributed by atoms with Crippen LogP contribution in [-0.2, 0) is 20.1 Å². The molecule has 0 spiro atoms. The maximum Gasteiger partial charge on any atom is 0.573 e. The van der Waals surface area contributed by atoms with Crippen molar-refractivity contribution in [1.29, 1.82) is 0 Å². The smallest absolute Gasteiger partial charge is 0.406 e. The zero-order valence-electron chi connectivity index (χ0n) is 17.3. The van der Waals surface area contributed by atoms with Gasteiger partial charge in [-0.05, 0) is 43.5 Å². The lowest BCUT2D eigenvalue weighted by Crippen LogP contribution is -2.60. The molecule has 1 aliphatic heterocycles. The van der Waals surface area contributed by atoms with Crippen molar-refractivity contribution in [3.63, 3.8) is 0 Å². The molecule has 33 heavy (non-hydrogen) atoms. The van der Waals surface area contributed by atoms with Crippen LogP contribution in [0.5, 0.6) is 5.75 Å². The molecular weight excluding hydrogens is 463 g/mol. The SMILES string of the molecule is CC1(C)ONC(C(N)=O)(c2ccc(OC(F)(F)F)cc2)N1OC(=O)c1cc2ccccc2s1. The van der Waals surface area contributed by atoms with Gasteiger partial charge in [-0.3, -0.25) is 9.63 Å². The summed E-state index contributed by atoms with van der Waals surface area (Å²) in [6, 6.07) is 13.4.